The van der Waals surface area contributed by atoms with Crippen LogP contribution in [-0.2, 0) is 10.5 Å². The largest absolute Gasteiger partial charge is 0.469 e. The summed E-state index contributed by atoms with van der Waals surface area (Å²) < 4.78 is 127. The number of aromatic nitrogens is 1. The number of nitrogens with zero attached hydrogens (tertiary/aromatic N) is 1. The Kier molecular flexibility index (Phi) is 6.81. The van der Waals surface area contributed by atoms with E-state index in [0.717, 1.165) is 0 Å². The van der Waals surface area contributed by atoms with Crippen molar-refractivity contribution in [2.75, 3.05) is 0 Å². The molecule has 13 heteroatoms. The molecule has 0 fully saturated rings. The summed E-state index contributed by atoms with van der Waals surface area (Å²) in [5, 5.41) is 1.92. The monoisotopic (exact) mass is 545 g/mol. The van der Waals surface area contributed by atoms with Crippen molar-refractivity contribution in [3.8, 4) is 22.8 Å². The molecule has 0 spiro atoms. The summed E-state index contributed by atoms with van der Waals surface area (Å²) in [4.78, 5) is 0. The van der Waals surface area contributed by atoms with Gasteiger partial charge in [0.05, 0.1) is 0 Å². The molecule has 0 saturated carbocycles. The van der Waals surface area contributed by atoms with Crippen molar-refractivity contribution < 1.29 is 48.9 Å². The highest BCUT2D eigenvalue weighted by molar-refractivity contribution is 7.63. The van der Waals surface area contributed by atoms with E-state index in [2.05, 4.69) is 9.68 Å². The lowest BCUT2D eigenvalue weighted by molar-refractivity contribution is -0.363. The van der Waals surface area contributed by atoms with Crippen LogP contribution in [0.5, 0.6) is 11.5 Å². The van der Waals surface area contributed by atoms with Crippen LogP contribution in [0.1, 0.15) is 5.76 Å². The van der Waals surface area contributed by atoms with Crippen LogP contribution in [-0.4, -0.2) is 17.3 Å². The van der Waals surface area contributed by atoms with Crippen molar-refractivity contribution in [1.82, 2.24) is 5.16 Å². The van der Waals surface area contributed by atoms with Gasteiger partial charge in [-0.1, -0.05) is 71.9 Å². The van der Waals surface area contributed by atoms with E-state index in [4.69, 9.17) is 9.05 Å². The predicted molar refractivity (Wildman–Crippen MR) is 118 cm³/mol. The van der Waals surface area contributed by atoms with Crippen molar-refractivity contribution in [3.05, 3.63) is 96.8 Å². The molecule has 0 bridgehead atoms. The first-order valence-electron chi connectivity index (χ1n) is 10.3. The van der Waals surface area contributed by atoms with Crippen LogP contribution in [0.15, 0.2) is 95.5 Å². The van der Waals surface area contributed by atoms with E-state index < -0.39 is 42.4 Å². The fraction of sp³-hybridized carbons (Fsp3) is 0.125. The lowest BCUT2D eigenvalue weighted by Gasteiger charge is -2.28. The predicted octanol–water partition coefficient (Wildman–Crippen LogP) is 7.61. The molecular weight excluding hydrogens is 530 g/mol. The minimum absolute atomic E-state index is 0.0906. The number of benzene rings is 3. The molecule has 37 heavy (non-hydrogen) atoms. The lowest BCUT2D eigenvalue weighted by Crippen LogP contribution is -2.51. The van der Waals surface area contributed by atoms with Gasteiger partial charge in [-0.3, -0.25) is 0 Å². The van der Waals surface area contributed by atoms with Crippen LogP contribution >= 0.6 is 7.60 Å². The van der Waals surface area contributed by atoms with Gasteiger partial charge in [0, 0.05) is 5.56 Å². The summed E-state index contributed by atoms with van der Waals surface area (Å²) in [5.41, 5.74) is -0.824. The molecule has 0 aliphatic carbocycles. The van der Waals surface area contributed by atoms with Gasteiger partial charge in [-0.2, -0.15) is 30.7 Å². The Morgan fingerprint density at radius 3 is 1.54 bits per heavy atom. The van der Waals surface area contributed by atoms with Crippen molar-refractivity contribution in [3.63, 3.8) is 0 Å². The van der Waals surface area contributed by atoms with Crippen molar-refractivity contribution >= 4 is 12.9 Å². The Bertz CT molecular complexity index is 1350. The summed E-state index contributed by atoms with van der Waals surface area (Å²) in [6, 6.07) is 20.6. The molecule has 0 atom stereocenters. The quantitative estimate of drug-likeness (QED) is 0.169. The molecule has 0 aliphatic rings. The normalized spacial score (nSPS) is 12.8. The fourth-order valence-corrected chi connectivity index (χ4v) is 5.08. The number of hydrogen-bond acceptors (Lipinski definition) is 5. The molecule has 1 aromatic heterocycles. The first-order chi connectivity index (χ1) is 17.4. The van der Waals surface area contributed by atoms with Gasteiger partial charge in [0.2, 0.25) is 5.76 Å². The van der Waals surface area contributed by atoms with Gasteiger partial charge in [-0.25, -0.2) is 4.57 Å². The Hall–Kier alpha value is -3.79. The number of para-hydroxylation sites is 2. The molecule has 0 aliphatic heterocycles. The molecule has 1 heterocycles. The molecular formula is C24H15F7NO4P. The summed E-state index contributed by atoms with van der Waals surface area (Å²) in [5.74, 6) is -15.5. The average molecular weight is 545 g/mol. The van der Waals surface area contributed by atoms with E-state index in [9.17, 15) is 35.3 Å². The Balaban J connectivity index is 2.01. The van der Waals surface area contributed by atoms with Gasteiger partial charge >= 0.3 is 25.6 Å². The van der Waals surface area contributed by atoms with E-state index in [1.54, 1.807) is 0 Å². The highest BCUT2D eigenvalue weighted by atomic mass is 31.2. The maximum atomic E-state index is 15.0. The van der Waals surface area contributed by atoms with E-state index in [-0.39, 0.29) is 17.1 Å². The van der Waals surface area contributed by atoms with Crippen LogP contribution in [0.3, 0.4) is 0 Å². The number of alkyl halides is 7. The highest BCUT2D eigenvalue weighted by Crippen LogP contribution is 2.57. The topological polar surface area (TPSA) is 61.6 Å². The minimum atomic E-state index is -6.70. The zero-order chi connectivity index (χ0) is 26.9. The van der Waals surface area contributed by atoms with E-state index >= 15 is 0 Å². The summed E-state index contributed by atoms with van der Waals surface area (Å²) in [6.45, 7) is 0. The van der Waals surface area contributed by atoms with E-state index in [1.807, 2.05) is 0 Å². The van der Waals surface area contributed by atoms with E-state index in [1.165, 1.54) is 91.0 Å². The first kappa shape index (κ1) is 26.3. The smallest absolute Gasteiger partial charge is 0.413 e. The summed E-state index contributed by atoms with van der Waals surface area (Å²) in [7, 11) is -5.26. The van der Waals surface area contributed by atoms with Gasteiger partial charge in [-0.05, 0) is 24.3 Å². The fourth-order valence-electron chi connectivity index (χ4n) is 3.20. The second-order valence-electron chi connectivity index (χ2n) is 7.53. The maximum absolute atomic E-state index is 15.0. The number of hydrogen-bond donors (Lipinski definition) is 0. The Labute approximate surface area is 205 Å². The van der Waals surface area contributed by atoms with Crippen molar-refractivity contribution in [1.29, 1.82) is 0 Å². The molecule has 4 rings (SSSR count). The second kappa shape index (κ2) is 9.59. The Morgan fingerprint density at radius 2 is 1.11 bits per heavy atom. The summed E-state index contributed by atoms with van der Waals surface area (Å²) in [6.07, 6.45) is -6.70. The van der Waals surface area contributed by atoms with Crippen LogP contribution in [0.4, 0.5) is 30.7 Å². The van der Waals surface area contributed by atoms with Crippen molar-refractivity contribution in [2.45, 2.75) is 18.0 Å². The molecule has 194 valence electrons. The molecule has 3 aromatic carbocycles. The van der Waals surface area contributed by atoms with Crippen LogP contribution < -0.4 is 14.4 Å². The zero-order valence-corrected chi connectivity index (χ0v) is 19.2. The van der Waals surface area contributed by atoms with Crippen LogP contribution in [0, 0.1) is 0 Å². The molecule has 0 N–H and O–H groups in total. The van der Waals surface area contributed by atoms with E-state index in [0.29, 0.717) is 0 Å². The van der Waals surface area contributed by atoms with Gasteiger partial charge in [-0.15, -0.1) is 0 Å². The molecule has 4 aromatic rings. The highest BCUT2D eigenvalue weighted by Gasteiger charge is 2.76. The second-order valence-corrected chi connectivity index (χ2v) is 9.33. The first-order valence-corrected chi connectivity index (χ1v) is 11.9. The Morgan fingerprint density at radius 1 is 0.676 bits per heavy atom. The number of halogens is 7. The van der Waals surface area contributed by atoms with Gasteiger partial charge in [0.1, 0.15) is 17.2 Å². The third-order valence-corrected chi connectivity index (χ3v) is 6.83. The molecule has 0 amide bonds. The zero-order valence-electron chi connectivity index (χ0n) is 18.3. The SMILES string of the molecule is O=P(Oc1ccccc1)(Oc1ccccc1)c1c(-c2ccccc2)noc1C(F)(F)C(F)(F)C(F)(F)F. The lowest BCUT2D eigenvalue weighted by atomic mass is 10.1. The van der Waals surface area contributed by atoms with Gasteiger partial charge < -0.3 is 13.6 Å². The third-order valence-electron chi connectivity index (χ3n) is 4.96. The number of rotatable bonds is 8. The molecule has 0 unspecified atom stereocenters. The molecule has 0 saturated heterocycles. The molecule has 5 nitrogen and oxygen atoms in total. The summed E-state index contributed by atoms with van der Waals surface area (Å²) >= 11 is 0. The van der Waals surface area contributed by atoms with Crippen molar-refractivity contribution in [2.24, 2.45) is 0 Å². The standard InChI is InChI=1S/C24H15F7NO4P/c25-22(26,23(27,28)24(29,30)31)21-20(19(32-34-21)16-10-4-1-5-11-16)37(33,35-17-12-6-2-7-13-17)36-18-14-8-3-9-15-18/h1-15H. The van der Waals surface area contributed by atoms with Crippen LogP contribution in [0.25, 0.3) is 11.3 Å². The molecule has 0 radical (unpaired) electrons. The van der Waals surface area contributed by atoms with Gasteiger partial charge in [0.25, 0.3) is 0 Å². The maximum Gasteiger partial charge on any atom is 0.469 e. The minimum Gasteiger partial charge on any atom is -0.413 e. The van der Waals surface area contributed by atoms with Crippen LogP contribution in [0.2, 0.25) is 0 Å². The van der Waals surface area contributed by atoms with Gasteiger partial charge in [0.15, 0.2) is 5.30 Å². The average Bonchev–Trinajstić information content (AvgIpc) is 3.32. The third kappa shape index (κ3) is 4.93.